The Morgan fingerprint density at radius 2 is 1.33 bits per heavy atom. The van der Waals surface area contributed by atoms with Crippen LogP contribution in [-0.2, 0) is 0 Å². The van der Waals surface area contributed by atoms with Gasteiger partial charge < -0.3 is 0 Å². The molecule has 0 aliphatic heterocycles. The van der Waals surface area contributed by atoms with Crippen LogP contribution in [0.3, 0.4) is 0 Å². The third-order valence-electron chi connectivity index (χ3n) is 3.68. The van der Waals surface area contributed by atoms with E-state index >= 15 is 0 Å². The normalized spacial score (nSPS) is 11.0. The molecule has 0 spiro atoms. The van der Waals surface area contributed by atoms with Crippen molar-refractivity contribution in [2.75, 3.05) is 0 Å². The van der Waals surface area contributed by atoms with Crippen LogP contribution in [0.1, 0.15) is 5.56 Å². The number of benzene rings is 3. The fourth-order valence-corrected chi connectivity index (χ4v) is 7.14. The second-order valence-corrected chi connectivity index (χ2v) is 10.0. The Kier molecular flexibility index (Phi) is 4.60. The van der Waals surface area contributed by atoms with E-state index in [4.69, 9.17) is 4.42 Å². The van der Waals surface area contributed by atoms with Crippen LogP contribution in [0.5, 0.6) is 0 Å². The van der Waals surface area contributed by atoms with Crippen molar-refractivity contribution in [2.45, 2.75) is 6.92 Å². The zero-order chi connectivity index (χ0) is 16.4. The average molecular weight is 442 g/mol. The monoisotopic (exact) mass is 444 g/mol. The van der Waals surface area contributed by atoms with Gasteiger partial charge in [-0.2, -0.15) is 0 Å². The standard InChI is InChI=1S/C21H16OSe2/c1-15-12-13-19-18(14-15)20(23-16-8-4-2-5-9-16)21(22-19)24-17-10-6-3-7-11-17/h2-14H,1H3. The number of fused-ring (bicyclic) bond motifs is 1. The first-order chi connectivity index (χ1) is 11.8. The molecule has 0 unspecified atom stereocenters. The first-order valence-corrected chi connectivity index (χ1v) is 11.2. The van der Waals surface area contributed by atoms with Gasteiger partial charge in [0.05, 0.1) is 0 Å². The number of hydrogen-bond donors (Lipinski definition) is 0. The predicted molar refractivity (Wildman–Crippen MR) is 104 cm³/mol. The van der Waals surface area contributed by atoms with Crippen LogP contribution in [-0.4, -0.2) is 29.9 Å². The number of hydrogen-bond acceptors (Lipinski definition) is 1. The van der Waals surface area contributed by atoms with E-state index in [9.17, 15) is 0 Å². The quantitative estimate of drug-likeness (QED) is 0.441. The van der Waals surface area contributed by atoms with E-state index in [0.29, 0.717) is 0 Å². The Balaban J connectivity index is 1.81. The molecular weight excluding hydrogens is 426 g/mol. The molecule has 118 valence electrons. The minimum absolute atomic E-state index is 0.194. The molecule has 0 aliphatic carbocycles. The van der Waals surface area contributed by atoms with E-state index < -0.39 is 0 Å². The summed E-state index contributed by atoms with van der Waals surface area (Å²) in [5.41, 5.74) is 2.30. The summed E-state index contributed by atoms with van der Waals surface area (Å²) in [6.07, 6.45) is 0. The fraction of sp³-hybridized carbons (Fsp3) is 0.0476. The van der Waals surface area contributed by atoms with Crippen LogP contribution in [0.15, 0.2) is 83.3 Å². The first kappa shape index (κ1) is 15.7. The summed E-state index contributed by atoms with van der Waals surface area (Å²) >= 11 is 0.451. The summed E-state index contributed by atoms with van der Waals surface area (Å²) in [6, 6.07) is 27.9. The SMILES string of the molecule is Cc1ccc2oc([Se]c3ccccc3)c([Se]c3ccccc3)c2c1. The van der Waals surface area contributed by atoms with Gasteiger partial charge in [0.2, 0.25) is 0 Å². The Bertz CT molecular complexity index is 959. The van der Waals surface area contributed by atoms with E-state index in [-0.39, 0.29) is 29.9 Å². The summed E-state index contributed by atoms with van der Waals surface area (Å²) < 4.78 is 11.6. The summed E-state index contributed by atoms with van der Waals surface area (Å²) in [5.74, 6) is 0. The van der Waals surface area contributed by atoms with Gasteiger partial charge in [0.15, 0.2) is 0 Å². The average Bonchev–Trinajstić information content (AvgIpc) is 2.94. The van der Waals surface area contributed by atoms with Crippen LogP contribution in [0.25, 0.3) is 11.0 Å². The number of aryl methyl sites for hydroxylation is 1. The Morgan fingerprint density at radius 3 is 2.00 bits per heavy atom. The van der Waals surface area contributed by atoms with E-state index in [0.717, 1.165) is 10.2 Å². The molecule has 4 aromatic rings. The molecule has 1 aromatic heterocycles. The summed E-state index contributed by atoms with van der Waals surface area (Å²) in [7, 11) is 0. The van der Waals surface area contributed by atoms with E-state index in [2.05, 4.69) is 85.8 Å². The van der Waals surface area contributed by atoms with Gasteiger partial charge in [-0.3, -0.25) is 0 Å². The molecule has 0 saturated heterocycles. The second kappa shape index (κ2) is 7.01. The fourth-order valence-electron chi connectivity index (χ4n) is 2.53. The molecule has 0 amide bonds. The Labute approximate surface area is 154 Å². The zero-order valence-corrected chi connectivity index (χ0v) is 16.7. The van der Waals surface area contributed by atoms with Gasteiger partial charge in [-0.25, -0.2) is 0 Å². The molecule has 0 N–H and O–H groups in total. The summed E-state index contributed by atoms with van der Waals surface area (Å²) in [5, 5.41) is 1.28. The molecular formula is C21H16OSe2. The van der Waals surface area contributed by atoms with Gasteiger partial charge in [-0.15, -0.1) is 0 Å². The molecule has 24 heavy (non-hydrogen) atoms. The third-order valence-corrected chi connectivity index (χ3v) is 8.74. The van der Waals surface area contributed by atoms with E-state index in [1.807, 2.05) is 0 Å². The predicted octanol–water partition coefficient (Wildman–Crippen LogP) is 2.05. The number of furan rings is 1. The van der Waals surface area contributed by atoms with E-state index in [1.54, 1.807) is 0 Å². The van der Waals surface area contributed by atoms with E-state index in [1.165, 1.54) is 24.3 Å². The van der Waals surface area contributed by atoms with Gasteiger partial charge >= 0.3 is 155 Å². The maximum absolute atomic E-state index is 6.27. The zero-order valence-electron chi connectivity index (χ0n) is 13.2. The molecule has 0 fully saturated rings. The van der Waals surface area contributed by atoms with Crippen molar-refractivity contribution in [2.24, 2.45) is 0 Å². The van der Waals surface area contributed by atoms with Crippen molar-refractivity contribution in [1.82, 2.24) is 0 Å². The topological polar surface area (TPSA) is 13.1 Å². The van der Waals surface area contributed by atoms with Crippen LogP contribution >= 0.6 is 0 Å². The van der Waals surface area contributed by atoms with Crippen molar-refractivity contribution < 1.29 is 4.42 Å². The van der Waals surface area contributed by atoms with Crippen LogP contribution < -0.4 is 18.0 Å². The molecule has 0 radical (unpaired) electrons. The summed E-state index contributed by atoms with van der Waals surface area (Å²) in [4.78, 5) is 0. The van der Waals surface area contributed by atoms with Crippen molar-refractivity contribution in [3.63, 3.8) is 0 Å². The van der Waals surface area contributed by atoms with Crippen LogP contribution in [0, 0.1) is 6.92 Å². The van der Waals surface area contributed by atoms with Gasteiger partial charge in [0.1, 0.15) is 0 Å². The Morgan fingerprint density at radius 1 is 0.708 bits per heavy atom. The molecule has 3 heteroatoms. The van der Waals surface area contributed by atoms with Gasteiger partial charge in [0.25, 0.3) is 0 Å². The molecule has 0 bridgehead atoms. The van der Waals surface area contributed by atoms with Gasteiger partial charge in [-0.05, 0) is 0 Å². The van der Waals surface area contributed by atoms with Crippen molar-refractivity contribution >= 4 is 58.9 Å². The molecule has 0 saturated carbocycles. The molecule has 4 rings (SSSR count). The molecule has 1 heterocycles. The van der Waals surface area contributed by atoms with Gasteiger partial charge in [0, 0.05) is 0 Å². The third kappa shape index (κ3) is 3.36. The molecule has 0 aliphatic rings. The molecule has 3 aromatic carbocycles. The maximum atomic E-state index is 6.27. The second-order valence-electron chi connectivity index (χ2n) is 5.55. The number of rotatable bonds is 4. The van der Waals surface area contributed by atoms with Crippen molar-refractivity contribution in [1.29, 1.82) is 0 Å². The molecule has 1 nitrogen and oxygen atoms in total. The van der Waals surface area contributed by atoms with Crippen molar-refractivity contribution in [3.05, 3.63) is 84.4 Å². The van der Waals surface area contributed by atoms with Crippen LogP contribution in [0.4, 0.5) is 0 Å². The first-order valence-electron chi connectivity index (χ1n) is 7.78. The van der Waals surface area contributed by atoms with Crippen LogP contribution in [0.2, 0.25) is 0 Å². The molecule has 0 atom stereocenters. The summed E-state index contributed by atoms with van der Waals surface area (Å²) in [6.45, 7) is 2.15. The van der Waals surface area contributed by atoms with Crippen molar-refractivity contribution in [3.8, 4) is 0 Å². The minimum atomic E-state index is 0.194. The van der Waals surface area contributed by atoms with Gasteiger partial charge in [-0.1, -0.05) is 0 Å². The Hall–Kier alpha value is -1.76.